The molecule has 3 rings (SSSR count). The number of benzene rings is 1. The van der Waals surface area contributed by atoms with Gasteiger partial charge >= 0.3 is 12.0 Å². The predicted molar refractivity (Wildman–Crippen MR) is 126 cm³/mol. The van der Waals surface area contributed by atoms with Crippen molar-refractivity contribution in [2.45, 2.75) is 27.3 Å². The van der Waals surface area contributed by atoms with E-state index in [-0.39, 0.29) is 24.1 Å². The number of halogens is 1. The SMILES string of the molecule is Cc1ccc(NC(=O)Nc2cccc(CN3CCN(C(=O)COC(=O)C(C)C)CC3)c2F)cn1. The molecule has 1 fully saturated rings. The van der Waals surface area contributed by atoms with E-state index in [2.05, 4.69) is 15.6 Å². The first-order chi connectivity index (χ1) is 16.2. The lowest BCUT2D eigenvalue weighted by molar-refractivity contribution is -0.155. The maximum Gasteiger partial charge on any atom is 0.323 e. The smallest absolute Gasteiger partial charge is 0.323 e. The highest BCUT2D eigenvalue weighted by Crippen LogP contribution is 2.21. The summed E-state index contributed by atoms with van der Waals surface area (Å²) in [5, 5.41) is 5.16. The summed E-state index contributed by atoms with van der Waals surface area (Å²) in [6.45, 7) is 7.38. The van der Waals surface area contributed by atoms with E-state index in [0.717, 1.165) is 5.69 Å². The highest BCUT2D eigenvalue weighted by atomic mass is 19.1. The summed E-state index contributed by atoms with van der Waals surface area (Å²) in [4.78, 5) is 43.8. The van der Waals surface area contributed by atoms with Gasteiger partial charge in [0, 0.05) is 44.0 Å². The zero-order valence-corrected chi connectivity index (χ0v) is 19.6. The molecule has 0 atom stereocenters. The quantitative estimate of drug-likeness (QED) is 0.602. The molecule has 0 unspecified atom stereocenters. The first-order valence-electron chi connectivity index (χ1n) is 11.2. The van der Waals surface area contributed by atoms with E-state index >= 15 is 4.39 Å². The van der Waals surface area contributed by atoms with Crippen LogP contribution in [0.4, 0.5) is 20.6 Å². The van der Waals surface area contributed by atoms with Crippen LogP contribution in [0.5, 0.6) is 0 Å². The van der Waals surface area contributed by atoms with Gasteiger partial charge in [0.05, 0.1) is 23.5 Å². The van der Waals surface area contributed by atoms with Crippen molar-refractivity contribution in [3.05, 3.63) is 53.6 Å². The highest BCUT2D eigenvalue weighted by molar-refractivity contribution is 5.99. The first-order valence-corrected chi connectivity index (χ1v) is 11.2. The minimum Gasteiger partial charge on any atom is -0.455 e. The Hall–Kier alpha value is -3.53. The number of hydrogen-bond donors (Lipinski definition) is 2. The van der Waals surface area contributed by atoms with Gasteiger partial charge in [-0.05, 0) is 25.1 Å². The molecule has 1 aliphatic heterocycles. The fourth-order valence-electron chi connectivity index (χ4n) is 3.41. The number of urea groups is 1. The minimum atomic E-state index is -0.563. The van der Waals surface area contributed by atoms with Crippen LogP contribution in [-0.2, 0) is 20.9 Å². The van der Waals surface area contributed by atoms with Crippen molar-refractivity contribution in [2.24, 2.45) is 5.92 Å². The van der Waals surface area contributed by atoms with E-state index in [4.69, 9.17) is 4.74 Å². The lowest BCUT2D eigenvalue weighted by Gasteiger charge is -2.34. The summed E-state index contributed by atoms with van der Waals surface area (Å²) in [5.74, 6) is -1.42. The monoisotopic (exact) mass is 471 g/mol. The molecule has 1 saturated heterocycles. The van der Waals surface area contributed by atoms with E-state index in [9.17, 15) is 14.4 Å². The third-order valence-corrected chi connectivity index (χ3v) is 5.42. The van der Waals surface area contributed by atoms with Gasteiger partial charge < -0.3 is 20.3 Å². The molecule has 2 aromatic rings. The van der Waals surface area contributed by atoms with Crippen molar-refractivity contribution in [1.29, 1.82) is 0 Å². The van der Waals surface area contributed by atoms with Crippen LogP contribution in [0.3, 0.4) is 0 Å². The second kappa shape index (κ2) is 11.6. The number of anilines is 2. The van der Waals surface area contributed by atoms with Gasteiger partial charge in [0.15, 0.2) is 12.4 Å². The summed E-state index contributed by atoms with van der Waals surface area (Å²) in [6, 6.07) is 7.78. The Morgan fingerprint density at radius 1 is 1.09 bits per heavy atom. The summed E-state index contributed by atoms with van der Waals surface area (Å²) in [5.41, 5.74) is 1.85. The Morgan fingerprint density at radius 2 is 1.82 bits per heavy atom. The number of amides is 3. The average Bonchev–Trinajstić information content (AvgIpc) is 2.81. The maximum absolute atomic E-state index is 15.0. The van der Waals surface area contributed by atoms with Crippen LogP contribution < -0.4 is 10.6 Å². The lowest BCUT2D eigenvalue weighted by Crippen LogP contribution is -2.49. The molecule has 2 N–H and O–H groups in total. The first kappa shape index (κ1) is 25.1. The van der Waals surface area contributed by atoms with Crippen LogP contribution in [0.1, 0.15) is 25.1 Å². The Morgan fingerprint density at radius 3 is 2.47 bits per heavy atom. The van der Waals surface area contributed by atoms with Crippen molar-refractivity contribution in [1.82, 2.24) is 14.8 Å². The fraction of sp³-hybridized carbons (Fsp3) is 0.417. The van der Waals surface area contributed by atoms with Gasteiger partial charge in [-0.25, -0.2) is 9.18 Å². The Balaban J connectivity index is 1.50. The molecule has 1 aliphatic rings. The van der Waals surface area contributed by atoms with Crippen LogP contribution in [0.15, 0.2) is 36.5 Å². The van der Waals surface area contributed by atoms with Gasteiger partial charge in [0.25, 0.3) is 5.91 Å². The Labute approximate surface area is 198 Å². The molecule has 3 amide bonds. The minimum absolute atomic E-state index is 0.0795. The Kier molecular flexibility index (Phi) is 8.53. The van der Waals surface area contributed by atoms with Gasteiger partial charge in [-0.2, -0.15) is 0 Å². The van der Waals surface area contributed by atoms with Gasteiger partial charge in [-0.3, -0.25) is 19.5 Å². The summed E-state index contributed by atoms with van der Waals surface area (Å²) < 4.78 is 20.0. The number of aromatic nitrogens is 1. The number of esters is 1. The molecule has 9 nitrogen and oxygen atoms in total. The molecule has 0 saturated carbocycles. The molecule has 0 bridgehead atoms. The van der Waals surface area contributed by atoms with Crippen molar-refractivity contribution >= 4 is 29.3 Å². The van der Waals surface area contributed by atoms with Gasteiger partial charge in [0.2, 0.25) is 0 Å². The van der Waals surface area contributed by atoms with E-state index in [1.54, 1.807) is 43.0 Å². The van der Waals surface area contributed by atoms with Crippen LogP contribution in [-0.4, -0.2) is 65.5 Å². The molecule has 34 heavy (non-hydrogen) atoms. The molecule has 182 valence electrons. The third-order valence-electron chi connectivity index (χ3n) is 5.42. The molecule has 10 heteroatoms. The number of nitrogens with zero attached hydrogens (tertiary/aromatic N) is 3. The van der Waals surface area contributed by atoms with Gasteiger partial charge in [-0.15, -0.1) is 0 Å². The van der Waals surface area contributed by atoms with E-state index in [1.165, 1.54) is 12.3 Å². The zero-order valence-electron chi connectivity index (χ0n) is 19.6. The number of nitrogens with one attached hydrogen (secondary N) is 2. The number of ether oxygens (including phenoxy) is 1. The van der Waals surface area contributed by atoms with E-state index < -0.39 is 17.8 Å². The number of carbonyl (C=O) groups excluding carboxylic acids is 3. The van der Waals surface area contributed by atoms with E-state index in [1.807, 2.05) is 11.8 Å². The normalized spacial score (nSPS) is 14.1. The standard InChI is InChI=1S/C24H30FN5O4/c1-16(2)23(32)34-15-21(31)30-11-9-29(10-12-30)14-18-5-4-6-20(22(18)25)28-24(33)27-19-8-7-17(3)26-13-19/h4-8,13,16H,9-12,14-15H2,1-3H3,(H2,27,28,33). The maximum atomic E-state index is 15.0. The number of pyridine rings is 1. The molecule has 0 radical (unpaired) electrons. The zero-order chi connectivity index (χ0) is 24.7. The van der Waals surface area contributed by atoms with Crippen LogP contribution in [0.2, 0.25) is 0 Å². The van der Waals surface area contributed by atoms with E-state index in [0.29, 0.717) is 44.0 Å². The molecule has 0 aliphatic carbocycles. The number of piperazine rings is 1. The number of aryl methyl sites for hydroxylation is 1. The second-order valence-corrected chi connectivity index (χ2v) is 8.47. The number of rotatable bonds is 7. The molecular formula is C24H30FN5O4. The highest BCUT2D eigenvalue weighted by Gasteiger charge is 2.23. The van der Waals surface area contributed by atoms with Crippen LogP contribution in [0, 0.1) is 18.7 Å². The van der Waals surface area contributed by atoms with Crippen molar-refractivity contribution in [3.63, 3.8) is 0 Å². The molecule has 1 aromatic carbocycles. The third kappa shape index (κ3) is 6.98. The summed E-state index contributed by atoms with van der Waals surface area (Å²) in [6.07, 6.45) is 1.53. The summed E-state index contributed by atoms with van der Waals surface area (Å²) in [7, 11) is 0. The summed E-state index contributed by atoms with van der Waals surface area (Å²) >= 11 is 0. The number of hydrogen-bond acceptors (Lipinski definition) is 6. The van der Waals surface area contributed by atoms with Gasteiger partial charge in [-0.1, -0.05) is 26.0 Å². The topological polar surface area (TPSA) is 104 Å². The second-order valence-electron chi connectivity index (χ2n) is 8.47. The average molecular weight is 472 g/mol. The largest absolute Gasteiger partial charge is 0.455 e. The van der Waals surface area contributed by atoms with Crippen molar-refractivity contribution in [3.8, 4) is 0 Å². The van der Waals surface area contributed by atoms with Crippen molar-refractivity contribution < 1.29 is 23.5 Å². The molecule has 2 heterocycles. The molecule has 0 spiro atoms. The molecule has 1 aromatic heterocycles. The van der Waals surface area contributed by atoms with Crippen molar-refractivity contribution in [2.75, 3.05) is 43.4 Å². The Bertz CT molecular complexity index is 1020. The fourth-order valence-corrected chi connectivity index (χ4v) is 3.41. The predicted octanol–water partition coefficient (Wildman–Crippen LogP) is 3.02. The number of carbonyl (C=O) groups is 3. The lowest BCUT2D eigenvalue weighted by atomic mass is 10.1. The van der Waals surface area contributed by atoms with Crippen LogP contribution in [0.25, 0.3) is 0 Å². The van der Waals surface area contributed by atoms with Gasteiger partial charge in [0.1, 0.15) is 0 Å². The molecular weight excluding hydrogens is 441 g/mol. The van der Waals surface area contributed by atoms with Crippen LogP contribution >= 0.6 is 0 Å².